The highest BCUT2D eigenvalue weighted by Crippen LogP contribution is 2.39. The third-order valence-electron chi connectivity index (χ3n) is 5.63. The summed E-state index contributed by atoms with van der Waals surface area (Å²) in [6.45, 7) is 4.72. The second kappa shape index (κ2) is 8.73. The van der Waals surface area contributed by atoms with Gasteiger partial charge in [-0.2, -0.15) is 0 Å². The Kier molecular flexibility index (Phi) is 6.38. The first kappa shape index (κ1) is 19.0. The highest BCUT2D eigenvalue weighted by Gasteiger charge is 2.36. The fourth-order valence-electron chi connectivity index (χ4n) is 4.10. The van der Waals surface area contributed by atoms with Crippen molar-refractivity contribution in [2.45, 2.75) is 32.1 Å². The van der Waals surface area contributed by atoms with Crippen LogP contribution in [0.15, 0.2) is 18.2 Å². The number of carbonyl (C=O) groups excluding carboxylic acids is 1. The summed E-state index contributed by atoms with van der Waals surface area (Å²) in [5.74, 6) is 1.33. The van der Waals surface area contributed by atoms with E-state index in [9.17, 15) is 4.79 Å². The number of carbonyl (C=O) groups is 1. The first-order valence-electron chi connectivity index (χ1n) is 9.46. The van der Waals surface area contributed by atoms with Crippen LogP contribution in [0.3, 0.4) is 0 Å². The molecule has 2 aliphatic heterocycles. The Hall–Kier alpha value is -1.79. The first-order chi connectivity index (χ1) is 12.6. The van der Waals surface area contributed by atoms with Crippen molar-refractivity contribution in [2.24, 2.45) is 5.41 Å². The molecule has 0 unspecified atom stereocenters. The van der Waals surface area contributed by atoms with Crippen LogP contribution in [0.4, 0.5) is 5.69 Å². The van der Waals surface area contributed by atoms with Crippen LogP contribution in [0.2, 0.25) is 0 Å². The minimum atomic E-state index is 0.00292. The number of anilines is 1. The number of likely N-dealkylation sites (tertiary alicyclic amines) is 1. The maximum Gasteiger partial charge on any atom is 0.225 e. The standard InChI is InChI=1S/C20H30N2O4/c1-24-16-4-5-18(25-2)17(14-16)21-19(23)6-11-22-10-3-7-20(15-22)8-12-26-13-9-20/h4-5,14H,3,6-13,15H2,1-2H3,(H,21,23). The number of rotatable bonds is 6. The fraction of sp³-hybridized carbons (Fsp3) is 0.650. The SMILES string of the molecule is COc1ccc(OC)c(NC(=O)CCN2CCCC3(CCOCC3)C2)c1. The molecule has 0 atom stereocenters. The molecule has 2 heterocycles. The number of methoxy groups -OCH3 is 2. The van der Waals surface area contributed by atoms with E-state index < -0.39 is 0 Å². The van der Waals surface area contributed by atoms with Crippen molar-refractivity contribution in [1.82, 2.24) is 4.90 Å². The van der Waals surface area contributed by atoms with Gasteiger partial charge in [0.15, 0.2) is 0 Å². The molecule has 3 rings (SSSR count). The van der Waals surface area contributed by atoms with E-state index in [2.05, 4.69) is 10.2 Å². The van der Waals surface area contributed by atoms with Gasteiger partial charge >= 0.3 is 0 Å². The zero-order valence-corrected chi connectivity index (χ0v) is 15.9. The van der Waals surface area contributed by atoms with Gasteiger partial charge in [-0.05, 0) is 49.8 Å². The van der Waals surface area contributed by atoms with Gasteiger partial charge in [-0.3, -0.25) is 4.79 Å². The van der Waals surface area contributed by atoms with E-state index in [0.717, 1.165) is 45.7 Å². The van der Waals surface area contributed by atoms with Crippen molar-refractivity contribution in [2.75, 3.05) is 52.4 Å². The van der Waals surface area contributed by atoms with Gasteiger partial charge in [0, 0.05) is 38.8 Å². The second-order valence-corrected chi connectivity index (χ2v) is 7.36. The predicted molar refractivity (Wildman–Crippen MR) is 101 cm³/mol. The molecule has 26 heavy (non-hydrogen) atoms. The fourth-order valence-corrected chi connectivity index (χ4v) is 4.10. The van der Waals surface area contributed by atoms with Crippen LogP contribution in [0.5, 0.6) is 11.5 Å². The van der Waals surface area contributed by atoms with Crippen LogP contribution >= 0.6 is 0 Å². The van der Waals surface area contributed by atoms with E-state index in [1.807, 2.05) is 6.07 Å². The number of ether oxygens (including phenoxy) is 3. The second-order valence-electron chi connectivity index (χ2n) is 7.36. The summed E-state index contributed by atoms with van der Waals surface area (Å²) in [4.78, 5) is 14.9. The van der Waals surface area contributed by atoms with Gasteiger partial charge in [0.2, 0.25) is 5.91 Å². The van der Waals surface area contributed by atoms with Crippen molar-refractivity contribution in [3.63, 3.8) is 0 Å². The van der Waals surface area contributed by atoms with Crippen molar-refractivity contribution >= 4 is 11.6 Å². The quantitative estimate of drug-likeness (QED) is 0.843. The lowest BCUT2D eigenvalue weighted by atomic mass is 9.74. The van der Waals surface area contributed by atoms with Gasteiger partial charge in [0.25, 0.3) is 0 Å². The normalized spacial score (nSPS) is 19.9. The van der Waals surface area contributed by atoms with Gasteiger partial charge in [0.05, 0.1) is 19.9 Å². The monoisotopic (exact) mass is 362 g/mol. The molecule has 2 saturated heterocycles. The lowest BCUT2D eigenvalue weighted by Crippen LogP contribution is -2.46. The minimum absolute atomic E-state index is 0.00292. The molecule has 6 nitrogen and oxygen atoms in total. The van der Waals surface area contributed by atoms with Gasteiger partial charge in [-0.1, -0.05) is 0 Å². The number of nitrogens with zero attached hydrogens (tertiary/aromatic N) is 1. The Morgan fingerprint density at radius 1 is 1.23 bits per heavy atom. The van der Waals surface area contributed by atoms with Crippen LogP contribution in [-0.2, 0) is 9.53 Å². The molecule has 1 amide bonds. The largest absolute Gasteiger partial charge is 0.497 e. The predicted octanol–water partition coefficient (Wildman–Crippen LogP) is 2.93. The summed E-state index contributed by atoms with van der Waals surface area (Å²) >= 11 is 0. The molecule has 1 aromatic rings. The topological polar surface area (TPSA) is 60.0 Å². The molecule has 1 N–H and O–H groups in total. The first-order valence-corrected chi connectivity index (χ1v) is 9.46. The zero-order valence-electron chi connectivity index (χ0n) is 15.9. The number of piperidine rings is 1. The third kappa shape index (κ3) is 4.68. The summed E-state index contributed by atoms with van der Waals surface area (Å²) in [6.07, 6.45) is 5.28. The van der Waals surface area contributed by atoms with Crippen LogP contribution in [-0.4, -0.2) is 57.9 Å². The molecule has 1 aromatic carbocycles. The van der Waals surface area contributed by atoms with Crippen molar-refractivity contribution in [3.8, 4) is 11.5 Å². The van der Waals surface area contributed by atoms with Gasteiger partial charge in [-0.25, -0.2) is 0 Å². The summed E-state index contributed by atoms with van der Waals surface area (Å²) in [6, 6.07) is 5.40. The van der Waals surface area contributed by atoms with Gasteiger partial charge in [0.1, 0.15) is 11.5 Å². The highest BCUT2D eigenvalue weighted by atomic mass is 16.5. The van der Waals surface area contributed by atoms with E-state index in [4.69, 9.17) is 14.2 Å². The molecule has 0 aliphatic carbocycles. The smallest absolute Gasteiger partial charge is 0.225 e. The van der Waals surface area contributed by atoms with Crippen LogP contribution in [0.1, 0.15) is 32.1 Å². The molecule has 0 bridgehead atoms. The van der Waals surface area contributed by atoms with Crippen LogP contribution in [0, 0.1) is 5.41 Å². The third-order valence-corrected chi connectivity index (χ3v) is 5.63. The lowest BCUT2D eigenvalue weighted by molar-refractivity contribution is -0.116. The van der Waals surface area contributed by atoms with E-state index in [1.165, 1.54) is 12.8 Å². The summed E-state index contributed by atoms with van der Waals surface area (Å²) in [5, 5.41) is 2.96. The molecule has 2 fully saturated rings. The van der Waals surface area contributed by atoms with Crippen LogP contribution in [0.25, 0.3) is 0 Å². The molecular weight excluding hydrogens is 332 g/mol. The molecule has 1 spiro atoms. The van der Waals surface area contributed by atoms with Crippen molar-refractivity contribution < 1.29 is 19.0 Å². The Morgan fingerprint density at radius 3 is 2.77 bits per heavy atom. The van der Waals surface area contributed by atoms with E-state index in [-0.39, 0.29) is 5.91 Å². The molecule has 0 radical (unpaired) electrons. The zero-order chi connectivity index (χ0) is 18.4. The Labute approximate surface area is 155 Å². The summed E-state index contributed by atoms with van der Waals surface area (Å²) in [5.41, 5.74) is 1.06. The van der Waals surface area contributed by atoms with Crippen molar-refractivity contribution in [1.29, 1.82) is 0 Å². The molecular formula is C20H30N2O4. The number of benzene rings is 1. The number of nitrogens with one attached hydrogen (secondary N) is 1. The highest BCUT2D eigenvalue weighted by molar-refractivity contribution is 5.92. The Bertz CT molecular complexity index is 608. The number of amides is 1. The maximum absolute atomic E-state index is 12.4. The van der Waals surface area contributed by atoms with E-state index in [1.54, 1.807) is 26.4 Å². The molecule has 2 aliphatic rings. The summed E-state index contributed by atoms with van der Waals surface area (Å²) < 4.78 is 16.1. The number of hydrogen-bond donors (Lipinski definition) is 1. The molecule has 6 heteroatoms. The van der Waals surface area contributed by atoms with Crippen LogP contribution < -0.4 is 14.8 Å². The van der Waals surface area contributed by atoms with E-state index >= 15 is 0 Å². The van der Waals surface area contributed by atoms with Gasteiger partial charge in [-0.15, -0.1) is 0 Å². The minimum Gasteiger partial charge on any atom is -0.497 e. The average Bonchev–Trinajstić information content (AvgIpc) is 2.67. The maximum atomic E-state index is 12.4. The Balaban J connectivity index is 1.52. The average molecular weight is 362 g/mol. The number of hydrogen-bond acceptors (Lipinski definition) is 5. The van der Waals surface area contributed by atoms with Gasteiger partial charge < -0.3 is 24.4 Å². The molecule has 0 aromatic heterocycles. The van der Waals surface area contributed by atoms with E-state index in [0.29, 0.717) is 29.0 Å². The van der Waals surface area contributed by atoms with Crippen molar-refractivity contribution in [3.05, 3.63) is 18.2 Å². The lowest BCUT2D eigenvalue weighted by Gasteiger charge is -2.45. The molecule has 144 valence electrons. The Morgan fingerprint density at radius 2 is 2.04 bits per heavy atom. The molecule has 0 saturated carbocycles. The summed E-state index contributed by atoms with van der Waals surface area (Å²) in [7, 11) is 3.20.